The number of aromatic amines is 1. The number of hydrogen-bond donors (Lipinski definition) is 3. The van der Waals surface area contributed by atoms with Crippen LogP contribution >= 0.6 is 0 Å². The van der Waals surface area contributed by atoms with Gasteiger partial charge in [-0.15, -0.1) is 0 Å². The highest BCUT2D eigenvalue weighted by atomic mass is 16.5. The molecule has 0 atom stereocenters. The SMILES string of the molecule is CCN(c1cc(-c2ccc(N3CCN(C4CCN(Cc5ccc6c(c5)C(=O)N(N5CCC(=O)NC5=O)C6=O)CC4)CC3)cc2)cc(C(=O)NCc2c(C)cc(C)[nH]c2=O)c1C)C1CCOCC1. The summed E-state index contributed by atoms with van der Waals surface area (Å²) in [6, 6.07) is 20.2. The van der Waals surface area contributed by atoms with Crippen molar-refractivity contribution >= 4 is 41.0 Å². The number of urea groups is 1. The zero-order valence-electron chi connectivity index (χ0n) is 39.0. The number of benzene rings is 3. The summed E-state index contributed by atoms with van der Waals surface area (Å²) in [6.45, 7) is 16.6. The minimum atomic E-state index is -0.771. The molecule has 5 aliphatic heterocycles. The molecule has 6 amide bonds. The Bertz CT molecular complexity index is 2630. The van der Waals surface area contributed by atoms with Gasteiger partial charge in [-0.1, -0.05) is 18.2 Å². The van der Waals surface area contributed by atoms with Gasteiger partial charge < -0.3 is 24.8 Å². The second kappa shape index (κ2) is 19.5. The highest BCUT2D eigenvalue weighted by Gasteiger charge is 2.43. The van der Waals surface area contributed by atoms with Crippen LogP contribution in [0.3, 0.4) is 0 Å². The molecule has 6 heterocycles. The lowest BCUT2D eigenvalue weighted by atomic mass is 9.95. The summed E-state index contributed by atoms with van der Waals surface area (Å²) in [5.41, 5.74) is 9.22. The van der Waals surface area contributed by atoms with Crippen LogP contribution in [-0.4, -0.2) is 132 Å². The fourth-order valence-corrected chi connectivity index (χ4v) is 10.6. The fourth-order valence-electron chi connectivity index (χ4n) is 10.6. The quantitative estimate of drug-likeness (QED) is 0.161. The molecule has 16 heteroatoms. The summed E-state index contributed by atoms with van der Waals surface area (Å²) in [7, 11) is 0. The minimum Gasteiger partial charge on any atom is -0.381 e. The van der Waals surface area contributed by atoms with Crippen LogP contribution in [0.15, 0.2) is 65.5 Å². The number of carbonyl (C=O) groups is 5. The number of imide groups is 2. The van der Waals surface area contributed by atoms with E-state index in [4.69, 9.17) is 4.74 Å². The third-order valence-electron chi connectivity index (χ3n) is 14.4. The molecule has 5 aliphatic rings. The normalized spacial score (nSPS) is 19.0. The number of H-pyrrole nitrogens is 1. The first-order valence-electron chi connectivity index (χ1n) is 23.8. The van der Waals surface area contributed by atoms with E-state index in [0.717, 1.165) is 134 Å². The van der Waals surface area contributed by atoms with E-state index in [-0.39, 0.29) is 42.1 Å². The van der Waals surface area contributed by atoms with Crippen molar-refractivity contribution in [3.63, 3.8) is 0 Å². The van der Waals surface area contributed by atoms with Gasteiger partial charge in [0.2, 0.25) is 5.91 Å². The molecule has 4 fully saturated rings. The van der Waals surface area contributed by atoms with Gasteiger partial charge in [0.05, 0.1) is 17.7 Å². The molecule has 0 unspecified atom stereocenters. The highest BCUT2D eigenvalue weighted by Crippen LogP contribution is 2.35. The largest absolute Gasteiger partial charge is 0.381 e. The number of piperazine rings is 1. The van der Waals surface area contributed by atoms with Crippen molar-refractivity contribution in [3.05, 3.63) is 116 Å². The number of fused-ring (bicyclic) bond motifs is 1. The van der Waals surface area contributed by atoms with Crippen LogP contribution in [-0.2, 0) is 22.6 Å². The molecular formula is C51H61N9O7. The Morgan fingerprint density at radius 3 is 2.19 bits per heavy atom. The van der Waals surface area contributed by atoms with Gasteiger partial charge >= 0.3 is 6.03 Å². The van der Waals surface area contributed by atoms with Gasteiger partial charge in [0.15, 0.2) is 0 Å². The number of amides is 6. The van der Waals surface area contributed by atoms with Gasteiger partial charge in [0.1, 0.15) is 0 Å². The number of hydrazine groups is 1. The third kappa shape index (κ3) is 9.47. The van der Waals surface area contributed by atoms with E-state index in [2.05, 4.69) is 72.5 Å². The van der Waals surface area contributed by atoms with Crippen molar-refractivity contribution in [2.24, 2.45) is 0 Å². The van der Waals surface area contributed by atoms with Gasteiger partial charge in [-0.25, -0.2) is 9.80 Å². The number of anilines is 2. The number of aryl methyl sites for hydroxylation is 2. The van der Waals surface area contributed by atoms with Crippen molar-refractivity contribution in [1.29, 1.82) is 0 Å². The topological polar surface area (TPSA) is 171 Å². The number of ether oxygens (including phenoxy) is 1. The van der Waals surface area contributed by atoms with Crippen LogP contribution in [0.4, 0.5) is 16.2 Å². The summed E-state index contributed by atoms with van der Waals surface area (Å²) < 4.78 is 5.71. The molecule has 3 aromatic carbocycles. The molecule has 4 saturated heterocycles. The smallest absolute Gasteiger partial charge is 0.343 e. The standard InChI is InChI=1S/C51H61N9O7/c1-5-58(40-15-24-67-25-16-40)45-29-37(28-42(34(45)4)47(62)52-30-44-32(2)26-33(3)53-48(44)63)36-7-9-38(10-8-36)56-20-22-57(23-21-56)39-12-17-55(18-13-39)31-35-6-11-41-43(27-35)50(65)60(49(41)64)59-19-14-46(61)54-51(59)66/h6-11,26-29,39-40H,5,12-25,30-31H2,1-4H3,(H,52,62)(H,53,63)(H,54,61,66). The Kier molecular flexibility index (Phi) is 13.3. The number of nitrogens with one attached hydrogen (secondary N) is 3. The Hall–Kier alpha value is -6.36. The Morgan fingerprint density at radius 2 is 1.51 bits per heavy atom. The summed E-state index contributed by atoms with van der Waals surface area (Å²) in [4.78, 5) is 90.1. The van der Waals surface area contributed by atoms with Crippen molar-refractivity contribution in [1.82, 2.24) is 35.4 Å². The van der Waals surface area contributed by atoms with Crippen molar-refractivity contribution in [2.45, 2.75) is 85.0 Å². The van der Waals surface area contributed by atoms with Gasteiger partial charge in [-0.05, 0) is 137 Å². The van der Waals surface area contributed by atoms with E-state index in [1.165, 1.54) is 5.69 Å². The summed E-state index contributed by atoms with van der Waals surface area (Å²) in [5, 5.41) is 7.12. The Labute approximate surface area is 391 Å². The van der Waals surface area contributed by atoms with Crippen LogP contribution in [0.2, 0.25) is 0 Å². The number of piperidine rings is 1. The van der Waals surface area contributed by atoms with Gasteiger partial charge in [0, 0.05) is 106 Å². The van der Waals surface area contributed by atoms with Gasteiger partial charge in [-0.2, -0.15) is 5.01 Å². The van der Waals surface area contributed by atoms with Crippen LogP contribution in [0.25, 0.3) is 11.1 Å². The average Bonchev–Trinajstić information content (AvgIpc) is 3.57. The van der Waals surface area contributed by atoms with Gasteiger partial charge in [0.25, 0.3) is 23.3 Å². The predicted molar refractivity (Wildman–Crippen MR) is 255 cm³/mol. The molecule has 0 radical (unpaired) electrons. The molecule has 0 saturated carbocycles. The van der Waals surface area contributed by atoms with E-state index in [1.807, 2.05) is 39.0 Å². The van der Waals surface area contributed by atoms with E-state index in [9.17, 15) is 28.8 Å². The third-order valence-corrected chi connectivity index (χ3v) is 14.4. The molecule has 67 heavy (non-hydrogen) atoms. The molecule has 3 N–H and O–H groups in total. The number of carbonyl (C=O) groups excluding carboxylic acids is 5. The van der Waals surface area contributed by atoms with Crippen LogP contribution in [0.5, 0.6) is 0 Å². The molecule has 0 bridgehead atoms. The lowest BCUT2D eigenvalue weighted by Gasteiger charge is -2.43. The molecule has 16 nitrogen and oxygen atoms in total. The zero-order chi connectivity index (χ0) is 46.9. The van der Waals surface area contributed by atoms with E-state index >= 15 is 0 Å². The first-order chi connectivity index (χ1) is 32.4. The zero-order valence-corrected chi connectivity index (χ0v) is 39.0. The number of rotatable bonds is 12. The summed E-state index contributed by atoms with van der Waals surface area (Å²) >= 11 is 0. The first kappa shape index (κ1) is 45.8. The van der Waals surface area contributed by atoms with E-state index in [1.54, 1.807) is 12.1 Å². The monoisotopic (exact) mass is 911 g/mol. The molecule has 352 valence electrons. The number of hydrogen-bond acceptors (Lipinski definition) is 11. The lowest BCUT2D eigenvalue weighted by Crippen LogP contribution is -2.58. The Balaban J connectivity index is 0.818. The van der Waals surface area contributed by atoms with Crippen molar-refractivity contribution in [2.75, 3.05) is 75.4 Å². The second-order valence-electron chi connectivity index (χ2n) is 18.5. The molecule has 4 aromatic rings. The molecule has 1 aromatic heterocycles. The fraction of sp³-hybridized carbons (Fsp3) is 0.451. The summed E-state index contributed by atoms with van der Waals surface area (Å²) in [6.07, 6.45) is 3.96. The molecule has 9 rings (SSSR count). The number of aromatic nitrogens is 1. The van der Waals surface area contributed by atoms with Crippen molar-refractivity contribution in [3.8, 4) is 11.1 Å². The van der Waals surface area contributed by atoms with E-state index < -0.39 is 23.8 Å². The average molecular weight is 912 g/mol. The minimum absolute atomic E-state index is 0.0185. The number of likely N-dealkylation sites (tertiary alicyclic amines) is 1. The Morgan fingerprint density at radius 1 is 0.791 bits per heavy atom. The molecule has 0 aliphatic carbocycles. The van der Waals surface area contributed by atoms with Crippen LogP contribution < -0.4 is 26.0 Å². The molecular weight excluding hydrogens is 851 g/mol. The molecule has 0 spiro atoms. The van der Waals surface area contributed by atoms with E-state index in [0.29, 0.717) is 29.8 Å². The lowest BCUT2D eigenvalue weighted by molar-refractivity contribution is -0.122. The van der Waals surface area contributed by atoms with Crippen LogP contribution in [0, 0.1) is 20.8 Å². The maximum atomic E-state index is 14.0. The predicted octanol–water partition coefficient (Wildman–Crippen LogP) is 5.14. The van der Waals surface area contributed by atoms with Crippen LogP contribution in [0.1, 0.15) is 98.0 Å². The number of pyridine rings is 1. The van der Waals surface area contributed by atoms with Crippen molar-refractivity contribution < 1.29 is 28.7 Å². The maximum absolute atomic E-state index is 14.0. The van der Waals surface area contributed by atoms with Gasteiger partial charge in [-0.3, -0.25) is 39.1 Å². The number of nitrogens with zero attached hydrogens (tertiary/aromatic N) is 6. The maximum Gasteiger partial charge on any atom is 0.343 e. The first-order valence-corrected chi connectivity index (χ1v) is 23.8. The summed E-state index contributed by atoms with van der Waals surface area (Å²) in [5.74, 6) is -1.75. The second-order valence-corrected chi connectivity index (χ2v) is 18.5. The highest BCUT2D eigenvalue weighted by molar-refractivity contribution is 6.22.